The summed E-state index contributed by atoms with van der Waals surface area (Å²) in [6, 6.07) is 10.0. The number of methoxy groups -OCH3 is 3. The van der Waals surface area contributed by atoms with E-state index in [9.17, 15) is 9.18 Å². The van der Waals surface area contributed by atoms with E-state index in [1.807, 2.05) is 0 Å². The predicted octanol–water partition coefficient (Wildman–Crippen LogP) is 2.75. The van der Waals surface area contributed by atoms with Crippen molar-refractivity contribution in [3.05, 3.63) is 53.3 Å². The van der Waals surface area contributed by atoms with E-state index in [2.05, 4.69) is 5.32 Å². The highest BCUT2D eigenvalue weighted by Gasteiger charge is 2.14. The number of halogens is 1. The van der Waals surface area contributed by atoms with Gasteiger partial charge in [-0.15, -0.1) is 0 Å². The molecule has 0 heterocycles. The maximum absolute atomic E-state index is 13.5. The molecule has 134 valence electrons. The Morgan fingerprint density at radius 2 is 1.68 bits per heavy atom. The fourth-order valence-electron chi connectivity index (χ4n) is 2.52. The number of nitrogens with one attached hydrogen (secondary N) is 1. The summed E-state index contributed by atoms with van der Waals surface area (Å²) in [6.45, 7) is 0.365. The van der Waals surface area contributed by atoms with E-state index in [-0.39, 0.29) is 18.1 Å². The number of rotatable bonds is 8. The Bertz CT molecular complexity index is 708. The molecule has 0 atom stereocenters. The third-order valence-electron chi connectivity index (χ3n) is 3.76. The first-order valence-electron chi connectivity index (χ1n) is 7.88. The minimum atomic E-state index is -0.263. The lowest BCUT2D eigenvalue weighted by molar-refractivity contribution is -0.120. The molecule has 2 aromatic carbocycles. The summed E-state index contributed by atoms with van der Waals surface area (Å²) in [5.41, 5.74) is 1.31. The molecule has 0 bridgehead atoms. The quantitative estimate of drug-likeness (QED) is 0.798. The molecule has 2 rings (SSSR count). The average molecular weight is 347 g/mol. The van der Waals surface area contributed by atoms with Gasteiger partial charge in [-0.25, -0.2) is 4.39 Å². The maximum Gasteiger partial charge on any atom is 0.224 e. The zero-order valence-corrected chi connectivity index (χ0v) is 14.6. The molecule has 5 nitrogen and oxygen atoms in total. The molecule has 0 unspecified atom stereocenters. The monoisotopic (exact) mass is 347 g/mol. The highest BCUT2D eigenvalue weighted by Crippen LogP contribution is 2.38. The summed E-state index contributed by atoms with van der Waals surface area (Å²) < 4.78 is 29.4. The normalized spacial score (nSPS) is 10.2. The van der Waals surface area contributed by atoms with E-state index in [1.165, 1.54) is 27.4 Å². The molecule has 0 spiro atoms. The van der Waals surface area contributed by atoms with E-state index in [4.69, 9.17) is 14.2 Å². The second kappa shape index (κ2) is 8.92. The SMILES string of the molecule is COc1cc(CC(=O)NCCc2ccccc2F)cc(OC)c1OC. The third kappa shape index (κ3) is 4.86. The highest BCUT2D eigenvalue weighted by molar-refractivity contribution is 5.79. The number of carbonyl (C=O) groups is 1. The fraction of sp³-hybridized carbons (Fsp3) is 0.316. The van der Waals surface area contributed by atoms with Gasteiger partial charge >= 0.3 is 0 Å². The van der Waals surface area contributed by atoms with E-state index in [0.717, 1.165) is 5.56 Å². The number of hydrogen-bond donors (Lipinski definition) is 1. The Morgan fingerprint density at radius 1 is 1.04 bits per heavy atom. The van der Waals surface area contributed by atoms with Crippen LogP contribution in [0.2, 0.25) is 0 Å². The summed E-state index contributed by atoms with van der Waals surface area (Å²) >= 11 is 0. The van der Waals surface area contributed by atoms with Crippen molar-refractivity contribution in [2.45, 2.75) is 12.8 Å². The Labute approximate surface area is 146 Å². The zero-order chi connectivity index (χ0) is 18.2. The lowest BCUT2D eigenvalue weighted by atomic mass is 10.1. The van der Waals surface area contributed by atoms with Crippen LogP contribution in [0.15, 0.2) is 36.4 Å². The van der Waals surface area contributed by atoms with Crippen molar-refractivity contribution in [1.82, 2.24) is 5.32 Å². The first kappa shape index (κ1) is 18.6. The van der Waals surface area contributed by atoms with E-state index in [0.29, 0.717) is 35.8 Å². The molecule has 0 aliphatic heterocycles. The summed E-state index contributed by atoms with van der Waals surface area (Å²) in [5.74, 6) is 1.05. The molecule has 1 N–H and O–H groups in total. The van der Waals surface area contributed by atoms with Crippen LogP contribution in [-0.4, -0.2) is 33.8 Å². The van der Waals surface area contributed by atoms with Crippen LogP contribution in [0.3, 0.4) is 0 Å². The zero-order valence-electron chi connectivity index (χ0n) is 14.6. The number of benzene rings is 2. The molecule has 0 radical (unpaired) electrons. The van der Waals surface area contributed by atoms with Gasteiger partial charge in [-0.2, -0.15) is 0 Å². The van der Waals surface area contributed by atoms with Crippen molar-refractivity contribution in [1.29, 1.82) is 0 Å². The highest BCUT2D eigenvalue weighted by atomic mass is 19.1. The Kier molecular flexibility index (Phi) is 6.62. The largest absolute Gasteiger partial charge is 0.493 e. The Hall–Kier alpha value is -2.76. The van der Waals surface area contributed by atoms with E-state index < -0.39 is 0 Å². The minimum absolute atomic E-state index is 0.161. The van der Waals surface area contributed by atoms with Gasteiger partial charge in [0.2, 0.25) is 11.7 Å². The van der Waals surface area contributed by atoms with Gasteiger partial charge in [-0.1, -0.05) is 18.2 Å². The first-order valence-corrected chi connectivity index (χ1v) is 7.88. The molecule has 1 amide bonds. The number of ether oxygens (including phenoxy) is 3. The van der Waals surface area contributed by atoms with Crippen LogP contribution in [0.25, 0.3) is 0 Å². The molecule has 25 heavy (non-hydrogen) atoms. The number of hydrogen-bond acceptors (Lipinski definition) is 4. The second-order valence-electron chi connectivity index (χ2n) is 5.40. The molecular formula is C19H22FNO4. The lowest BCUT2D eigenvalue weighted by Gasteiger charge is -2.14. The molecular weight excluding hydrogens is 325 g/mol. The first-order chi connectivity index (χ1) is 12.1. The Morgan fingerprint density at radius 3 is 2.24 bits per heavy atom. The van der Waals surface area contributed by atoms with Gasteiger partial charge in [0.1, 0.15) is 5.82 Å². The topological polar surface area (TPSA) is 56.8 Å². The average Bonchev–Trinajstić information content (AvgIpc) is 2.62. The van der Waals surface area contributed by atoms with Crippen LogP contribution < -0.4 is 19.5 Å². The molecule has 0 aromatic heterocycles. The van der Waals surface area contributed by atoms with Gasteiger partial charge in [0, 0.05) is 6.54 Å². The van der Waals surface area contributed by atoms with Crippen molar-refractivity contribution in [3.63, 3.8) is 0 Å². The number of amides is 1. The van der Waals surface area contributed by atoms with Gasteiger partial charge in [0.25, 0.3) is 0 Å². The van der Waals surface area contributed by atoms with Crippen molar-refractivity contribution in [2.75, 3.05) is 27.9 Å². The molecule has 6 heteroatoms. The van der Waals surface area contributed by atoms with Crippen molar-refractivity contribution in [3.8, 4) is 17.2 Å². The second-order valence-corrected chi connectivity index (χ2v) is 5.40. The van der Waals surface area contributed by atoms with E-state index >= 15 is 0 Å². The van der Waals surface area contributed by atoms with Crippen LogP contribution in [0, 0.1) is 5.82 Å². The molecule has 0 aliphatic carbocycles. The van der Waals surface area contributed by atoms with Crippen molar-refractivity contribution >= 4 is 5.91 Å². The van der Waals surface area contributed by atoms with Crippen LogP contribution in [0.4, 0.5) is 4.39 Å². The molecule has 0 saturated carbocycles. The van der Waals surface area contributed by atoms with Crippen LogP contribution in [0.5, 0.6) is 17.2 Å². The Balaban J connectivity index is 1.97. The lowest BCUT2D eigenvalue weighted by Crippen LogP contribution is -2.27. The van der Waals surface area contributed by atoms with Gasteiger partial charge in [0.05, 0.1) is 27.8 Å². The van der Waals surface area contributed by atoms with Crippen LogP contribution >= 0.6 is 0 Å². The predicted molar refractivity (Wildman–Crippen MR) is 92.9 cm³/mol. The van der Waals surface area contributed by atoms with Crippen molar-refractivity contribution in [2.24, 2.45) is 0 Å². The third-order valence-corrected chi connectivity index (χ3v) is 3.76. The standard InChI is InChI=1S/C19H22FNO4/c1-23-16-10-13(11-17(24-2)19(16)25-3)12-18(22)21-9-8-14-6-4-5-7-15(14)20/h4-7,10-11H,8-9,12H2,1-3H3,(H,21,22). The molecule has 0 aliphatic rings. The molecule has 0 fully saturated rings. The van der Waals surface area contributed by atoms with E-state index in [1.54, 1.807) is 30.3 Å². The summed E-state index contributed by atoms with van der Waals surface area (Å²) in [6.07, 6.45) is 0.599. The summed E-state index contributed by atoms with van der Waals surface area (Å²) in [7, 11) is 4.57. The minimum Gasteiger partial charge on any atom is -0.493 e. The molecule has 2 aromatic rings. The van der Waals surface area contributed by atoms with Crippen LogP contribution in [0.1, 0.15) is 11.1 Å². The van der Waals surface area contributed by atoms with Gasteiger partial charge in [-0.05, 0) is 35.7 Å². The maximum atomic E-state index is 13.5. The van der Waals surface area contributed by atoms with Gasteiger partial charge < -0.3 is 19.5 Å². The van der Waals surface area contributed by atoms with Crippen LogP contribution in [-0.2, 0) is 17.6 Å². The van der Waals surface area contributed by atoms with Gasteiger partial charge in [-0.3, -0.25) is 4.79 Å². The molecule has 0 saturated heterocycles. The fourth-order valence-corrected chi connectivity index (χ4v) is 2.52. The summed E-state index contributed by atoms with van der Waals surface area (Å²) in [4.78, 5) is 12.1. The smallest absolute Gasteiger partial charge is 0.224 e. The summed E-state index contributed by atoms with van der Waals surface area (Å²) in [5, 5.41) is 2.79. The number of carbonyl (C=O) groups excluding carboxylic acids is 1. The van der Waals surface area contributed by atoms with Crippen molar-refractivity contribution < 1.29 is 23.4 Å². The van der Waals surface area contributed by atoms with Gasteiger partial charge in [0.15, 0.2) is 11.5 Å².